The van der Waals surface area contributed by atoms with Crippen molar-refractivity contribution in [3.05, 3.63) is 83.9 Å². The summed E-state index contributed by atoms with van der Waals surface area (Å²) in [5.74, 6) is 0.505. The monoisotopic (exact) mass is 449 g/mol. The molecule has 0 aliphatic rings. The number of carbonyl (C=O) groups excluding carboxylic acids is 1. The molecule has 1 aromatic carbocycles. The predicted octanol–water partition coefficient (Wildman–Crippen LogP) is 3.62. The fourth-order valence-corrected chi connectivity index (χ4v) is 3.54. The summed E-state index contributed by atoms with van der Waals surface area (Å²) in [6.07, 6.45) is 8.25. The van der Waals surface area contributed by atoms with Crippen molar-refractivity contribution < 1.29 is 4.79 Å². The Balaban J connectivity index is 1.51. The largest absolute Gasteiger partial charge is 0.272 e. The number of nitrogens with zero attached hydrogens (tertiary/aromatic N) is 6. The molecule has 0 saturated carbocycles. The highest BCUT2D eigenvalue weighted by atomic mass is 35.5. The van der Waals surface area contributed by atoms with Crippen LogP contribution in [0, 0.1) is 0 Å². The molecule has 154 valence electrons. The zero-order valence-corrected chi connectivity index (χ0v) is 17.7. The number of hydrogen-bond donors (Lipinski definition) is 1. The third-order valence-electron chi connectivity index (χ3n) is 4.10. The van der Waals surface area contributed by atoms with Crippen molar-refractivity contribution in [2.75, 3.05) is 5.75 Å². The van der Waals surface area contributed by atoms with Gasteiger partial charge in [-0.05, 0) is 54.1 Å². The van der Waals surface area contributed by atoms with Gasteiger partial charge < -0.3 is 0 Å². The van der Waals surface area contributed by atoms with Crippen molar-refractivity contribution >= 4 is 35.5 Å². The quantitative estimate of drug-likeness (QED) is 0.263. The second-order valence-corrected chi connectivity index (χ2v) is 7.60. The van der Waals surface area contributed by atoms with Gasteiger partial charge in [-0.25, -0.2) is 5.43 Å². The minimum atomic E-state index is -0.258. The molecule has 0 spiro atoms. The van der Waals surface area contributed by atoms with Gasteiger partial charge in [0, 0.05) is 41.1 Å². The number of hydrazone groups is 1. The lowest BCUT2D eigenvalue weighted by atomic mass is 10.2. The predicted molar refractivity (Wildman–Crippen MR) is 120 cm³/mol. The number of halogens is 1. The minimum absolute atomic E-state index is 0.121. The molecule has 0 saturated heterocycles. The third-order valence-corrected chi connectivity index (χ3v) is 5.28. The summed E-state index contributed by atoms with van der Waals surface area (Å²) in [6, 6.07) is 14.6. The first kappa shape index (κ1) is 20.7. The van der Waals surface area contributed by atoms with Crippen LogP contribution < -0.4 is 5.43 Å². The van der Waals surface area contributed by atoms with Gasteiger partial charge in [-0.15, -0.1) is 10.2 Å². The standard InChI is InChI=1S/C21H16ClN7OS/c22-17-1-3-18(4-2-17)29-20(16-7-11-24-12-8-16)27-28-21(29)31-14-19(30)26-25-13-15-5-9-23-10-6-15/h1-13H,14H2,(H,26,30)/b25-13+. The van der Waals surface area contributed by atoms with Gasteiger partial charge in [-0.2, -0.15) is 5.10 Å². The molecule has 0 aliphatic carbocycles. The van der Waals surface area contributed by atoms with E-state index in [0.29, 0.717) is 16.0 Å². The van der Waals surface area contributed by atoms with Crippen LogP contribution in [0.5, 0.6) is 0 Å². The van der Waals surface area contributed by atoms with Gasteiger partial charge >= 0.3 is 0 Å². The summed E-state index contributed by atoms with van der Waals surface area (Å²) in [4.78, 5) is 20.2. The topological polar surface area (TPSA) is 98.0 Å². The Kier molecular flexibility index (Phi) is 6.65. The van der Waals surface area contributed by atoms with Crippen LogP contribution in [-0.2, 0) is 4.79 Å². The molecule has 4 rings (SSSR count). The second kappa shape index (κ2) is 9.96. The maximum Gasteiger partial charge on any atom is 0.250 e. The van der Waals surface area contributed by atoms with E-state index in [2.05, 4.69) is 30.7 Å². The van der Waals surface area contributed by atoms with Crippen LogP contribution in [0.3, 0.4) is 0 Å². The van der Waals surface area contributed by atoms with E-state index in [0.717, 1.165) is 16.8 Å². The molecule has 1 N–H and O–H groups in total. The second-order valence-electron chi connectivity index (χ2n) is 6.22. The van der Waals surface area contributed by atoms with Gasteiger partial charge in [0.2, 0.25) is 0 Å². The van der Waals surface area contributed by atoms with Gasteiger partial charge in [0.15, 0.2) is 11.0 Å². The number of aromatic nitrogens is 5. The molecule has 3 aromatic heterocycles. The van der Waals surface area contributed by atoms with E-state index < -0.39 is 0 Å². The highest BCUT2D eigenvalue weighted by Gasteiger charge is 2.17. The van der Waals surface area contributed by atoms with E-state index in [4.69, 9.17) is 11.6 Å². The molecule has 0 aliphatic heterocycles. The van der Waals surface area contributed by atoms with E-state index in [9.17, 15) is 4.79 Å². The Bertz CT molecular complexity index is 1180. The number of rotatable bonds is 7. The van der Waals surface area contributed by atoms with Crippen molar-refractivity contribution in [3.63, 3.8) is 0 Å². The summed E-state index contributed by atoms with van der Waals surface area (Å²) in [7, 11) is 0. The first-order valence-electron chi connectivity index (χ1n) is 9.17. The summed E-state index contributed by atoms with van der Waals surface area (Å²) in [6.45, 7) is 0. The third kappa shape index (κ3) is 5.33. The lowest BCUT2D eigenvalue weighted by molar-refractivity contribution is -0.118. The van der Waals surface area contributed by atoms with E-state index in [1.54, 1.807) is 55.3 Å². The highest BCUT2D eigenvalue weighted by Crippen LogP contribution is 2.28. The number of nitrogens with one attached hydrogen (secondary N) is 1. The molecule has 31 heavy (non-hydrogen) atoms. The van der Waals surface area contributed by atoms with Gasteiger partial charge in [0.1, 0.15) is 0 Å². The zero-order valence-electron chi connectivity index (χ0n) is 16.1. The molecule has 4 aromatic rings. The van der Waals surface area contributed by atoms with Crippen LogP contribution in [0.15, 0.2) is 83.6 Å². The zero-order chi connectivity index (χ0) is 21.5. The molecular formula is C21H16ClN7OS. The highest BCUT2D eigenvalue weighted by molar-refractivity contribution is 7.99. The van der Waals surface area contributed by atoms with Gasteiger partial charge in [-0.1, -0.05) is 23.4 Å². The van der Waals surface area contributed by atoms with Crippen LogP contribution in [0.2, 0.25) is 5.02 Å². The summed E-state index contributed by atoms with van der Waals surface area (Å²) in [5.41, 5.74) is 5.04. The first-order valence-corrected chi connectivity index (χ1v) is 10.5. The molecule has 0 bridgehead atoms. The van der Waals surface area contributed by atoms with Crippen molar-refractivity contribution in [3.8, 4) is 17.1 Å². The molecule has 0 radical (unpaired) electrons. The fraction of sp³-hybridized carbons (Fsp3) is 0.0476. The number of thioether (sulfide) groups is 1. The molecule has 1 amide bonds. The number of amides is 1. The smallest absolute Gasteiger partial charge is 0.250 e. The molecular weight excluding hydrogens is 434 g/mol. The van der Waals surface area contributed by atoms with Gasteiger partial charge in [-0.3, -0.25) is 19.3 Å². The molecule has 0 fully saturated rings. The maximum atomic E-state index is 12.2. The van der Waals surface area contributed by atoms with Crippen molar-refractivity contribution in [1.82, 2.24) is 30.2 Å². The Morgan fingerprint density at radius 1 is 1.00 bits per heavy atom. The average Bonchev–Trinajstić information content (AvgIpc) is 3.23. The number of pyridine rings is 2. The Labute approximate surface area is 187 Å². The minimum Gasteiger partial charge on any atom is -0.272 e. The van der Waals surface area contributed by atoms with Crippen molar-refractivity contribution in [2.24, 2.45) is 5.10 Å². The molecule has 8 nitrogen and oxygen atoms in total. The van der Waals surface area contributed by atoms with Crippen LogP contribution >= 0.6 is 23.4 Å². The van der Waals surface area contributed by atoms with E-state index in [-0.39, 0.29) is 11.7 Å². The van der Waals surface area contributed by atoms with Crippen LogP contribution in [0.1, 0.15) is 5.56 Å². The van der Waals surface area contributed by atoms with E-state index >= 15 is 0 Å². The summed E-state index contributed by atoms with van der Waals surface area (Å²) < 4.78 is 1.88. The molecule has 0 unspecified atom stereocenters. The lowest BCUT2D eigenvalue weighted by Crippen LogP contribution is -2.20. The van der Waals surface area contributed by atoms with Crippen molar-refractivity contribution in [1.29, 1.82) is 0 Å². The normalized spacial score (nSPS) is 11.0. The SMILES string of the molecule is O=C(CSc1nnc(-c2ccncc2)n1-c1ccc(Cl)cc1)N/N=C/c1ccncc1. The Morgan fingerprint density at radius 3 is 2.39 bits per heavy atom. The number of benzene rings is 1. The number of hydrogen-bond acceptors (Lipinski definition) is 7. The summed E-state index contributed by atoms with van der Waals surface area (Å²) >= 11 is 7.30. The fourth-order valence-electron chi connectivity index (χ4n) is 2.66. The maximum absolute atomic E-state index is 12.2. The van der Waals surface area contributed by atoms with Crippen molar-refractivity contribution in [2.45, 2.75) is 5.16 Å². The van der Waals surface area contributed by atoms with E-state index in [1.165, 1.54) is 11.8 Å². The Hall–Kier alpha value is -3.56. The Morgan fingerprint density at radius 2 is 1.68 bits per heavy atom. The molecule has 10 heteroatoms. The van der Waals surface area contributed by atoms with Gasteiger partial charge in [0.05, 0.1) is 12.0 Å². The molecule has 3 heterocycles. The van der Waals surface area contributed by atoms with Crippen LogP contribution in [0.4, 0.5) is 0 Å². The lowest BCUT2D eigenvalue weighted by Gasteiger charge is -2.10. The van der Waals surface area contributed by atoms with Gasteiger partial charge in [0.25, 0.3) is 5.91 Å². The summed E-state index contributed by atoms with van der Waals surface area (Å²) in [5, 5.41) is 13.8. The first-order chi connectivity index (χ1) is 15.2. The van der Waals surface area contributed by atoms with Crippen LogP contribution in [0.25, 0.3) is 17.1 Å². The molecule has 0 atom stereocenters. The van der Waals surface area contributed by atoms with Crippen LogP contribution in [-0.4, -0.2) is 42.6 Å². The average molecular weight is 450 g/mol. The number of carbonyl (C=O) groups is 1. The van der Waals surface area contributed by atoms with E-state index in [1.807, 2.05) is 28.8 Å².